The first-order chi connectivity index (χ1) is 14.7. The zero-order chi connectivity index (χ0) is 22.6. The van der Waals surface area contributed by atoms with Crippen LogP contribution >= 0.6 is 15.9 Å². The Morgan fingerprint density at radius 1 is 1.10 bits per heavy atom. The Hall–Kier alpha value is -2.06. The molecule has 4 unspecified atom stereocenters. The molecular weight excluding hydrogens is 477 g/mol. The van der Waals surface area contributed by atoms with E-state index in [1.165, 1.54) is 12.1 Å². The molecule has 8 heteroatoms. The largest absolute Gasteiger partial charge is 0.493 e. The molecule has 0 aliphatic heterocycles. The van der Waals surface area contributed by atoms with Crippen LogP contribution < -0.4 is 4.74 Å². The Bertz CT molecular complexity index is 868. The summed E-state index contributed by atoms with van der Waals surface area (Å²) in [5, 5.41) is 10.0. The van der Waals surface area contributed by atoms with Crippen molar-refractivity contribution in [1.82, 2.24) is 0 Å². The molecule has 0 aromatic heterocycles. The first-order valence-electron chi connectivity index (χ1n) is 10.1. The molecule has 1 fully saturated rings. The molecule has 1 aliphatic rings. The van der Waals surface area contributed by atoms with Gasteiger partial charge in [0.15, 0.2) is 0 Å². The van der Waals surface area contributed by atoms with Crippen LogP contribution in [-0.2, 0) is 15.7 Å². The van der Waals surface area contributed by atoms with Crippen molar-refractivity contribution in [2.24, 2.45) is 11.8 Å². The second-order valence-electron chi connectivity index (χ2n) is 7.66. The van der Waals surface area contributed by atoms with E-state index in [1.54, 1.807) is 0 Å². The summed E-state index contributed by atoms with van der Waals surface area (Å²) in [7, 11) is 0. The molecule has 0 radical (unpaired) electrons. The normalized spacial score (nSPS) is 24.0. The highest BCUT2D eigenvalue weighted by molar-refractivity contribution is 9.10. The molecule has 3 rings (SSSR count). The van der Waals surface area contributed by atoms with Crippen molar-refractivity contribution in [3.05, 3.63) is 64.1 Å². The van der Waals surface area contributed by atoms with Gasteiger partial charge in [0.2, 0.25) is 0 Å². The average molecular weight is 501 g/mol. The Kier molecular flexibility index (Phi) is 7.64. The Balaban J connectivity index is 1.80. The number of alkyl halides is 3. The van der Waals surface area contributed by atoms with E-state index in [0.717, 1.165) is 22.2 Å². The molecule has 1 N–H and O–H groups in total. The van der Waals surface area contributed by atoms with Crippen molar-refractivity contribution in [3.63, 3.8) is 0 Å². The molecule has 0 heterocycles. The van der Waals surface area contributed by atoms with Crippen LogP contribution in [-0.4, -0.2) is 30.4 Å². The predicted molar refractivity (Wildman–Crippen MR) is 113 cm³/mol. The average Bonchev–Trinajstić information content (AvgIpc) is 2.72. The highest BCUT2D eigenvalue weighted by Crippen LogP contribution is 2.43. The summed E-state index contributed by atoms with van der Waals surface area (Å²) in [6, 6.07) is 12.0. The summed E-state index contributed by atoms with van der Waals surface area (Å²) in [5.41, 5.74) is 0.159. The SMILES string of the molecule is CCOC1CC(COc2ccc(C(F)(F)F)cc2)C(C(=O)O)C(c2ccc(Br)cc2)C1. The fourth-order valence-electron chi connectivity index (χ4n) is 4.25. The number of carboxylic acids is 1. The molecule has 2 aromatic carbocycles. The topological polar surface area (TPSA) is 55.8 Å². The second kappa shape index (κ2) is 10.0. The first kappa shape index (κ1) is 23.6. The highest BCUT2D eigenvalue weighted by atomic mass is 79.9. The summed E-state index contributed by atoms with van der Waals surface area (Å²) in [5.74, 6) is -1.93. The van der Waals surface area contributed by atoms with Gasteiger partial charge in [0.1, 0.15) is 5.75 Å². The number of rotatable bonds is 7. The number of aliphatic carboxylic acids is 1. The van der Waals surface area contributed by atoms with Gasteiger partial charge >= 0.3 is 12.1 Å². The van der Waals surface area contributed by atoms with Crippen LogP contribution in [0.2, 0.25) is 0 Å². The quantitative estimate of drug-likeness (QED) is 0.495. The van der Waals surface area contributed by atoms with Gasteiger partial charge in [-0.05, 0) is 61.7 Å². The van der Waals surface area contributed by atoms with Crippen molar-refractivity contribution in [2.75, 3.05) is 13.2 Å². The summed E-state index contributed by atoms with van der Waals surface area (Å²) < 4.78 is 50.7. The van der Waals surface area contributed by atoms with Gasteiger partial charge in [-0.25, -0.2) is 0 Å². The maximum atomic E-state index is 12.8. The van der Waals surface area contributed by atoms with E-state index >= 15 is 0 Å². The van der Waals surface area contributed by atoms with E-state index in [1.807, 2.05) is 31.2 Å². The number of carbonyl (C=O) groups is 1. The minimum atomic E-state index is -4.42. The third-order valence-corrected chi connectivity index (χ3v) is 6.18. The minimum absolute atomic E-state index is 0.0823. The molecule has 1 aliphatic carbocycles. The fraction of sp³-hybridized carbons (Fsp3) is 0.435. The lowest BCUT2D eigenvalue weighted by atomic mass is 9.68. The molecule has 0 amide bonds. The standard InChI is InChI=1S/C23H24BrF3O4/c1-2-30-19-11-15(13-31-18-9-5-16(6-10-18)23(25,26)27)21(22(28)29)20(12-19)14-3-7-17(24)8-4-14/h3-10,15,19-21H,2,11-13H2,1H3,(H,28,29). The van der Waals surface area contributed by atoms with Crippen molar-refractivity contribution >= 4 is 21.9 Å². The predicted octanol–water partition coefficient (Wildman–Crippen LogP) is 6.15. The fourth-order valence-corrected chi connectivity index (χ4v) is 4.52. The van der Waals surface area contributed by atoms with E-state index in [9.17, 15) is 23.1 Å². The molecule has 168 valence electrons. The van der Waals surface area contributed by atoms with Crippen molar-refractivity contribution < 1.29 is 32.5 Å². The zero-order valence-electron chi connectivity index (χ0n) is 16.9. The van der Waals surface area contributed by atoms with E-state index < -0.39 is 23.6 Å². The number of hydrogen-bond donors (Lipinski definition) is 1. The van der Waals surface area contributed by atoms with Gasteiger partial charge in [-0.15, -0.1) is 0 Å². The Morgan fingerprint density at radius 2 is 1.74 bits per heavy atom. The monoisotopic (exact) mass is 500 g/mol. The molecule has 4 nitrogen and oxygen atoms in total. The van der Waals surface area contributed by atoms with Crippen LogP contribution in [0, 0.1) is 11.8 Å². The van der Waals surface area contributed by atoms with Crippen LogP contribution in [0.4, 0.5) is 13.2 Å². The summed E-state index contributed by atoms with van der Waals surface area (Å²) in [6.45, 7) is 2.49. The Morgan fingerprint density at radius 3 is 2.29 bits per heavy atom. The van der Waals surface area contributed by atoms with Crippen LogP contribution in [0.25, 0.3) is 0 Å². The molecule has 2 aromatic rings. The molecular formula is C23H24BrF3O4. The van der Waals surface area contributed by atoms with Gasteiger partial charge in [-0.3, -0.25) is 4.79 Å². The summed E-state index contributed by atoms with van der Waals surface area (Å²) in [4.78, 5) is 12.2. The van der Waals surface area contributed by atoms with E-state index in [-0.39, 0.29) is 30.3 Å². The third-order valence-electron chi connectivity index (χ3n) is 5.66. The maximum Gasteiger partial charge on any atom is 0.416 e. The smallest absolute Gasteiger partial charge is 0.416 e. The van der Waals surface area contributed by atoms with Gasteiger partial charge in [0, 0.05) is 22.9 Å². The van der Waals surface area contributed by atoms with Crippen molar-refractivity contribution in [2.45, 2.75) is 38.0 Å². The van der Waals surface area contributed by atoms with E-state index in [0.29, 0.717) is 19.4 Å². The Labute approximate surface area is 187 Å². The number of ether oxygens (including phenoxy) is 2. The first-order valence-corrected chi connectivity index (χ1v) is 10.9. The summed E-state index contributed by atoms with van der Waals surface area (Å²) in [6.07, 6.45) is -3.43. The third kappa shape index (κ3) is 6.01. The molecule has 4 atom stereocenters. The van der Waals surface area contributed by atoms with Crippen molar-refractivity contribution in [3.8, 4) is 5.75 Å². The number of benzene rings is 2. The van der Waals surface area contributed by atoms with Crippen molar-refractivity contribution in [1.29, 1.82) is 0 Å². The highest BCUT2D eigenvalue weighted by Gasteiger charge is 2.43. The molecule has 1 saturated carbocycles. The lowest BCUT2D eigenvalue weighted by Crippen LogP contribution is -2.42. The maximum absolute atomic E-state index is 12.8. The zero-order valence-corrected chi connectivity index (χ0v) is 18.5. The van der Waals surface area contributed by atoms with Crippen LogP contribution in [0.5, 0.6) is 5.75 Å². The lowest BCUT2D eigenvalue weighted by Gasteiger charge is -2.39. The number of hydrogen-bond acceptors (Lipinski definition) is 3. The lowest BCUT2D eigenvalue weighted by molar-refractivity contribution is -0.149. The van der Waals surface area contributed by atoms with E-state index in [2.05, 4.69) is 15.9 Å². The summed E-state index contributed by atoms with van der Waals surface area (Å²) >= 11 is 3.40. The van der Waals surface area contributed by atoms with Gasteiger partial charge < -0.3 is 14.6 Å². The van der Waals surface area contributed by atoms with Crippen LogP contribution in [0.1, 0.15) is 36.8 Å². The van der Waals surface area contributed by atoms with E-state index in [4.69, 9.17) is 9.47 Å². The van der Waals surface area contributed by atoms with Gasteiger partial charge in [-0.1, -0.05) is 28.1 Å². The second-order valence-corrected chi connectivity index (χ2v) is 8.58. The number of halogens is 4. The molecule has 0 saturated heterocycles. The van der Waals surface area contributed by atoms with Gasteiger partial charge in [0.05, 0.1) is 24.2 Å². The molecule has 0 bridgehead atoms. The van der Waals surface area contributed by atoms with Crippen LogP contribution in [0.3, 0.4) is 0 Å². The molecule has 31 heavy (non-hydrogen) atoms. The van der Waals surface area contributed by atoms with Crippen LogP contribution in [0.15, 0.2) is 53.0 Å². The van der Waals surface area contributed by atoms with Gasteiger partial charge in [-0.2, -0.15) is 13.2 Å². The minimum Gasteiger partial charge on any atom is -0.493 e. The van der Waals surface area contributed by atoms with Gasteiger partial charge in [0.25, 0.3) is 0 Å². The molecule has 0 spiro atoms. The number of carboxylic acid groups (broad SMARTS) is 1.